The smallest absolute Gasteiger partial charge is 0.318 e. The lowest BCUT2D eigenvalue weighted by Gasteiger charge is -2.43. The summed E-state index contributed by atoms with van der Waals surface area (Å²) in [5.74, 6) is 0.964. The predicted molar refractivity (Wildman–Crippen MR) is 185 cm³/mol. The van der Waals surface area contributed by atoms with E-state index < -0.39 is 13.0 Å². The number of rotatable bonds is 6. The van der Waals surface area contributed by atoms with Crippen LogP contribution < -0.4 is 10.9 Å². The van der Waals surface area contributed by atoms with Crippen molar-refractivity contribution in [1.82, 2.24) is 40.1 Å². The van der Waals surface area contributed by atoms with Crippen LogP contribution in [0.2, 0.25) is 0 Å². The van der Waals surface area contributed by atoms with Gasteiger partial charge in [0, 0.05) is 66.8 Å². The first-order chi connectivity index (χ1) is 24.4. The highest BCUT2D eigenvalue weighted by Crippen LogP contribution is 2.32. The minimum Gasteiger partial charge on any atom is -0.338 e. The molecule has 0 aliphatic carbocycles. The third-order valence-electron chi connectivity index (χ3n) is 10.6. The number of aryl methyl sites for hydroxylation is 2. The fourth-order valence-corrected chi connectivity index (χ4v) is 8.82. The molecule has 3 N–H and O–H groups in total. The summed E-state index contributed by atoms with van der Waals surface area (Å²) in [4.78, 5) is 51.6. The van der Waals surface area contributed by atoms with E-state index in [1.165, 1.54) is 5.56 Å². The van der Waals surface area contributed by atoms with E-state index in [0.29, 0.717) is 76.6 Å². The van der Waals surface area contributed by atoms with Gasteiger partial charge in [-0.05, 0) is 106 Å². The molecule has 47 heavy (non-hydrogen) atoms. The molecule has 3 saturated heterocycles. The molecule has 1 aromatic carbocycles. The fourth-order valence-electron chi connectivity index (χ4n) is 7.82. The first-order valence-corrected chi connectivity index (χ1v) is 18.1. The molecule has 11 nitrogen and oxygen atoms in total. The highest BCUT2D eigenvalue weighted by molar-refractivity contribution is 7.99. The highest BCUT2D eigenvalue weighted by atomic mass is 32.2. The molecule has 12 heteroatoms. The number of nitrogens with one attached hydrogen (secondary N) is 3. The zero-order chi connectivity index (χ0) is 35.9. The first-order valence-electron chi connectivity index (χ1n) is 19.1. The van der Waals surface area contributed by atoms with Crippen LogP contribution in [0, 0.1) is 6.92 Å². The normalized spacial score (nSPS) is 22.7. The van der Waals surface area contributed by atoms with Gasteiger partial charge in [-0.2, -0.15) is 5.10 Å². The Morgan fingerprint density at radius 1 is 1.06 bits per heavy atom. The Morgan fingerprint density at radius 2 is 1.85 bits per heavy atom. The fraction of sp³-hybridized carbons (Fsp3) is 0.600. The number of urea groups is 1. The van der Waals surface area contributed by atoms with E-state index in [4.69, 9.17) is 5.48 Å². The molecule has 0 unspecified atom stereocenters. The Morgan fingerprint density at radius 3 is 2.62 bits per heavy atom. The summed E-state index contributed by atoms with van der Waals surface area (Å²) < 4.78 is 31.4. The van der Waals surface area contributed by atoms with Gasteiger partial charge in [0.15, 0.2) is 0 Å². The topological polar surface area (TPSA) is 121 Å². The summed E-state index contributed by atoms with van der Waals surface area (Å²) in [5.41, 5.74) is 4.54. The van der Waals surface area contributed by atoms with Crippen molar-refractivity contribution in [3.05, 3.63) is 57.0 Å². The first kappa shape index (κ1) is 27.6. The number of likely N-dealkylation sites (tertiary alicyclic amines) is 2. The van der Waals surface area contributed by atoms with Crippen LogP contribution in [0.1, 0.15) is 65.8 Å². The summed E-state index contributed by atoms with van der Waals surface area (Å²) in [6, 6.07) is 5.14. The van der Waals surface area contributed by atoms with Crippen molar-refractivity contribution in [3.8, 4) is 0 Å². The molecule has 6 heterocycles. The quantitative estimate of drug-likeness (QED) is 0.370. The standard InChI is InChI=1S/C35H48N8O3S/c1-23-18-24(19-27-22-36-39-31(23)27)20-30(34(45)42-15-13-41(14-16-42)28-7-9-40(2)10-8-28)37-35(46)43-11-5-25(6-12-43)29-21-26-4-3-17-47-33(26)38-32(29)44/h18-19,21-22,25,28,30H,3-17,20H2,1-2H3,(H,36,39)(H,37,46)(H,38,44)/t30-/m1/s1/i2D3,22D. The van der Waals surface area contributed by atoms with E-state index in [2.05, 4.69) is 31.5 Å². The van der Waals surface area contributed by atoms with Gasteiger partial charge in [-0.15, -0.1) is 11.8 Å². The van der Waals surface area contributed by atoms with Crippen LogP contribution in [-0.2, 0) is 17.6 Å². The molecule has 2 aromatic heterocycles. The Bertz CT molecular complexity index is 1810. The van der Waals surface area contributed by atoms with Crippen molar-refractivity contribution in [2.45, 2.75) is 74.9 Å². The number of hydrogen-bond acceptors (Lipinski definition) is 7. The third-order valence-corrected chi connectivity index (χ3v) is 11.7. The molecule has 252 valence electrons. The van der Waals surface area contributed by atoms with E-state index in [1.807, 2.05) is 24.0 Å². The van der Waals surface area contributed by atoms with Gasteiger partial charge in [0.1, 0.15) is 6.04 Å². The number of carbonyl (C=O) groups is 2. The van der Waals surface area contributed by atoms with E-state index in [9.17, 15) is 14.4 Å². The monoisotopic (exact) mass is 664 g/mol. The lowest BCUT2D eigenvalue weighted by molar-refractivity contribution is -0.135. The molecule has 0 radical (unpaired) electrons. The molecule has 0 saturated carbocycles. The van der Waals surface area contributed by atoms with E-state index >= 15 is 0 Å². The Kier molecular flexibility index (Phi) is 8.23. The summed E-state index contributed by atoms with van der Waals surface area (Å²) in [7, 11) is 0. The van der Waals surface area contributed by atoms with Crippen molar-refractivity contribution in [2.75, 3.05) is 65.1 Å². The number of H-pyrrole nitrogens is 2. The maximum atomic E-state index is 14.2. The highest BCUT2D eigenvalue weighted by Gasteiger charge is 2.34. The Hall–Kier alpha value is -3.35. The van der Waals surface area contributed by atoms with Crippen LogP contribution in [0.5, 0.6) is 0 Å². The van der Waals surface area contributed by atoms with Crippen molar-refractivity contribution in [2.24, 2.45) is 0 Å². The van der Waals surface area contributed by atoms with E-state index in [-0.39, 0.29) is 36.0 Å². The molecule has 0 bridgehead atoms. The molecule has 1 atom stereocenters. The van der Waals surface area contributed by atoms with Crippen LogP contribution in [0.25, 0.3) is 10.9 Å². The van der Waals surface area contributed by atoms with Crippen molar-refractivity contribution >= 4 is 34.6 Å². The lowest BCUT2D eigenvalue weighted by atomic mass is 9.89. The minimum atomic E-state index is -2.06. The molecule has 4 aliphatic rings. The Labute approximate surface area is 286 Å². The molecular formula is C35H48N8O3S. The molecular weight excluding hydrogens is 613 g/mol. The Balaban J connectivity index is 1.01. The number of benzene rings is 1. The number of aromatic amines is 2. The number of pyridine rings is 1. The van der Waals surface area contributed by atoms with Gasteiger partial charge in [-0.1, -0.05) is 6.07 Å². The molecule has 0 spiro atoms. The van der Waals surface area contributed by atoms with Crippen LogP contribution in [0.3, 0.4) is 0 Å². The zero-order valence-electron chi connectivity index (χ0n) is 31.1. The van der Waals surface area contributed by atoms with E-state index in [0.717, 1.165) is 58.7 Å². The predicted octanol–water partition coefficient (Wildman–Crippen LogP) is 3.34. The number of nitrogens with zero attached hydrogens (tertiary/aromatic N) is 5. The number of carbonyl (C=O) groups excluding carboxylic acids is 2. The van der Waals surface area contributed by atoms with Crippen molar-refractivity contribution in [3.63, 3.8) is 0 Å². The van der Waals surface area contributed by atoms with E-state index in [1.54, 1.807) is 21.6 Å². The average Bonchev–Trinajstić information content (AvgIpc) is 3.51. The number of thioether (sulfide) groups is 1. The van der Waals surface area contributed by atoms with Gasteiger partial charge in [0.05, 0.1) is 18.1 Å². The molecule has 7 rings (SSSR count). The molecule has 3 fully saturated rings. The number of fused-ring (bicyclic) bond motifs is 2. The number of piperidine rings is 2. The maximum absolute atomic E-state index is 14.2. The van der Waals surface area contributed by atoms with Gasteiger partial charge in [-0.3, -0.25) is 19.6 Å². The van der Waals surface area contributed by atoms with Gasteiger partial charge >= 0.3 is 6.03 Å². The lowest BCUT2D eigenvalue weighted by Crippen LogP contribution is -2.59. The average molecular weight is 665 g/mol. The number of piperazine rings is 1. The summed E-state index contributed by atoms with van der Waals surface area (Å²) >= 11 is 1.71. The van der Waals surface area contributed by atoms with Gasteiger partial charge in [-0.25, -0.2) is 4.79 Å². The third kappa shape index (κ3) is 7.10. The zero-order valence-corrected chi connectivity index (χ0v) is 28.0. The van der Waals surface area contributed by atoms with Gasteiger partial charge in [0.2, 0.25) is 5.91 Å². The van der Waals surface area contributed by atoms with Crippen molar-refractivity contribution < 1.29 is 15.1 Å². The summed E-state index contributed by atoms with van der Waals surface area (Å²) in [5, 5.41) is 11.7. The molecule has 4 aliphatic heterocycles. The second kappa shape index (κ2) is 14.0. The van der Waals surface area contributed by atoms with Crippen LogP contribution >= 0.6 is 11.8 Å². The van der Waals surface area contributed by atoms with Gasteiger partial charge < -0.3 is 25.0 Å². The summed E-state index contributed by atoms with van der Waals surface area (Å²) in [6.45, 7) is 4.38. The largest absolute Gasteiger partial charge is 0.338 e. The van der Waals surface area contributed by atoms with Crippen LogP contribution in [0.4, 0.5) is 4.79 Å². The second-order valence-electron chi connectivity index (χ2n) is 13.6. The van der Waals surface area contributed by atoms with Crippen molar-refractivity contribution in [1.29, 1.82) is 0 Å². The van der Waals surface area contributed by atoms with Crippen LogP contribution in [-0.4, -0.2) is 124 Å². The second-order valence-corrected chi connectivity index (χ2v) is 14.7. The minimum absolute atomic E-state index is 0.0291. The summed E-state index contributed by atoms with van der Waals surface area (Å²) in [6.07, 6.45) is 5.42. The van der Waals surface area contributed by atoms with Gasteiger partial charge in [0.25, 0.3) is 5.56 Å². The molecule has 3 aromatic rings. The SMILES string of the molecule is [2H]c1n[nH]c2c(C)cc(C[C@@H](NC(=O)N3CCC(c4cc5c([nH]c4=O)SCCC5)CC3)C(=O)N3CCN(C4CCN(C([2H])([2H])[2H])CC4)CC3)cc12. The van der Waals surface area contributed by atoms with Crippen LogP contribution in [0.15, 0.2) is 34.2 Å². The number of aromatic nitrogens is 3. The molecule has 3 amide bonds. The number of amides is 3. The maximum Gasteiger partial charge on any atom is 0.318 e. The number of hydrogen-bond donors (Lipinski definition) is 3.